The largest absolute Gasteiger partial charge is 0.419 e. The van der Waals surface area contributed by atoms with E-state index in [0.29, 0.717) is 18.7 Å². The lowest BCUT2D eigenvalue weighted by molar-refractivity contribution is -0.0551. The first-order valence-electron chi connectivity index (χ1n) is 7.94. The quantitative estimate of drug-likeness (QED) is 0.839. The van der Waals surface area contributed by atoms with Crippen LogP contribution < -0.4 is 5.76 Å². The van der Waals surface area contributed by atoms with E-state index in [1.165, 1.54) is 21.0 Å². The molecule has 0 saturated carbocycles. The second-order valence-corrected chi connectivity index (χ2v) is 8.57. The van der Waals surface area contributed by atoms with Crippen molar-refractivity contribution in [2.45, 2.75) is 50.8 Å². The number of benzene rings is 1. The highest BCUT2D eigenvalue weighted by molar-refractivity contribution is 7.89. The molecule has 24 heavy (non-hydrogen) atoms. The lowest BCUT2D eigenvalue weighted by Gasteiger charge is -2.43. The molecule has 0 radical (unpaired) electrons. The first-order valence-corrected chi connectivity index (χ1v) is 9.38. The second-order valence-electron chi connectivity index (χ2n) is 6.71. The van der Waals surface area contributed by atoms with Gasteiger partial charge in [-0.15, -0.1) is 0 Å². The number of aryl methyl sites for hydroxylation is 1. The summed E-state index contributed by atoms with van der Waals surface area (Å²) < 4.78 is 39.9. The second kappa shape index (κ2) is 5.72. The molecule has 0 spiro atoms. The minimum Gasteiger partial charge on any atom is -0.408 e. The zero-order chi connectivity index (χ0) is 17.7. The molecule has 1 aromatic heterocycles. The van der Waals surface area contributed by atoms with Gasteiger partial charge in [0, 0.05) is 19.2 Å². The highest BCUT2D eigenvalue weighted by Crippen LogP contribution is 2.30. The molecule has 3 rings (SSSR count). The first-order chi connectivity index (χ1) is 11.2. The molecule has 8 heteroatoms. The van der Waals surface area contributed by atoms with Crippen LogP contribution in [0, 0.1) is 0 Å². The fraction of sp³-hybridized carbons (Fsp3) is 0.562. The van der Waals surface area contributed by atoms with Crippen molar-refractivity contribution in [3.63, 3.8) is 0 Å². The van der Waals surface area contributed by atoms with Crippen LogP contribution in [0.4, 0.5) is 0 Å². The zero-order valence-corrected chi connectivity index (χ0v) is 15.1. The molecule has 0 bridgehead atoms. The van der Waals surface area contributed by atoms with E-state index in [-0.39, 0.29) is 23.1 Å². The van der Waals surface area contributed by atoms with E-state index in [1.807, 2.05) is 27.7 Å². The average Bonchev–Trinajstić information content (AvgIpc) is 2.83. The molecule has 1 saturated heterocycles. The van der Waals surface area contributed by atoms with Crippen molar-refractivity contribution in [2.75, 3.05) is 13.2 Å². The van der Waals surface area contributed by atoms with E-state index < -0.39 is 21.3 Å². The molecule has 132 valence electrons. The van der Waals surface area contributed by atoms with Crippen LogP contribution in [0.15, 0.2) is 32.3 Å². The summed E-state index contributed by atoms with van der Waals surface area (Å²) in [5, 5.41) is 0. The smallest absolute Gasteiger partial charge is 0.408 e. The predicted octanol–water partition coefficient (Wildman–Crippen LogP) is 1.80. The van der Waals surface area contributed by atoms with Gasteiger partial charge in [-0.2, -0.15) is 4.31 Å². The molecule has 0 N–H and O–H groups in total. The lowest BCUT2D eigenvalue weighted by Crippen LogP contribution is -2.57. The maximum atomic E-state index is 13.1. The van der Waals surface area contributed by atoms with Crippen LogP contribution in [0.1, 0.15) is 27.7 Å². The number of hydrogen-bond acceptors (Lipinski definition) is 5. The van der Waals surface area contributed by atoms with E-state index >= 15 is 0 Å². The fourth-order valence-corrected chi connectivity index (χ4v) is 4.87. The van der Waals surface area contributed by atoms with Gasteiger partial charge >= 0.3 is 5.76 Å². The third-order valence-corrected chi connectivity index (χ3v) is 6.44. The molecule has 1 aliphatic heterocycles. The molecule has 0 amide bonds. The Morgan fingerprint density at radius 2 is 2.04 bits per heavy atom. The van der Waals surface area contributed by atoms with Gasteiger partial charge < -0.3 is 9.15 Å². The van der Waals surface area contributed by atoms with E-state index in [1.54, 1.807) is 6.07 Å². The Morgan fingerprint density at radius 1 is 1.33 bits per heavy atom. The normalized spacial score (nSPS) is 22.1. The number of oxazole rings is 1. The number of fused-ring (bicyclic) bond motifs is 1. The summed E-state index contributed by atoms with van der Waals surface area (Å²) in [6.45, 7) is 8.43. The minimum atomic E-state index is -3.72. The zero-order valence-electron chi connectivity index (χ0n) is 14.3. The minimum absolute atomic E-state index is 0.120. The summed E-state index contributed by atoms with van der Waals surface area (Å²) in [4.78, 5) is 11.9. The van der Waals surface area contributed by atoms with Crippen molar-refractivity contribution >= 4 is 21.1 Å². The monoisotopic (exact) mass is 354 g/mol. The van der Waals surface area contributed by atoms with Crippen molar-refractivity contribution < 1.29 is 17.6 Å². The van der Waals surface area contributed by atoms with Crippen LogP contribution in [0.5, 0.6) is 0 Å². The SMILES string of the molecule is CCn1c(=O)oc2cc(S(=O)(=O)N3CC(C)OCC3(C)C)ccc21. The van der Waals surface area contributed by atoms with Gasteiger partial charge in [0.25, 0.3) is 0 Å². The van der Waals surface area contributed by atoms with Crippen LogP contribution in [-0.2, 0) is 21.3 Å². The molecule has 1 fully saturated rings. The topological polar surface area (TPSA) is 81.8 Å². The molecular weight excluding hydrogens is 332 g/mol. The predicted molar refractivity (Wildman–Crippen MR) is 89.5 cm³/mol. The summed E-state index contributed by atoms with van der Waals surface area (Å²) in [6.07, 6.45) is -0.171. The molecule has 7 nitrogen and oxygen atoms in total. The van der Waals surface area contributed by atoms with E-state index in [4.69, 9.17) is 9.15 Å². The van der Waals surface area contributed by atoms with E-state index in [2.05, 4.69) is 0 Å². The van der Waals surface area contributed by atoms with Gasteiger partial charge in [0.05, 0.1) is 28.7 Å². The van der Waals surface area contributed by atoms with Gasteiger partial charge in [0.2, 0.25) is 10.0 Å². The van der Waals surface area contributed by atoms with Crippen LogP contribution in [-0.4, -0.2) is 42.1 Å². The van der Waals surface area contributed by atoms with Gasteiger partial charge in [-0.05, 0) is 39.8 Å². The first kappa shape index (κ1) is 17.2. The average molecular weight is 354 g/mol. The Morgan fingerprint density at radius 3 is 2.71 bits per heavy atom. The highest BCUT2D eigenvalue weighted by Gasteiger charge is 2.42. The molecule has 1 unspecified atom stereocenters. The van der Waals surface area contributed by atoms with Crippen molar-refractivity contribution in [3.8, 4) is 0 Å². The van der Waals surface area contributed by atoms with Crippen LogP contribution in [0.2, 0.25) is 0 Å². The Bertz CT molecular complexity index is 926. The number of rotatable bonds is 3. The van der Waals surface area contributed by atoms with Gasteiger partial charge in [-0.3, -0.25) is 4.57 Å². The number of morpholine rings is 1. The lowest BCUT2D eigenvalue weighted by atomic mass is 10.1. The Hall–Kier alpha value is -1.64. The molecule has 2 aromatic rings. The number of nitrogens with zero attached hydrogens (tertiary/aromatic N) is 2. The standard InChI is InChI=1S/C16H22N2O5S/c1-5-17-13-7-6-12(8-14(13)23-15(17)19)24(20,21)18-9-11(2)22-10-16(18,3)4/h6-8,11H,5,9-10H2,1-4H3. The fourth-order valence-electron chi connectivity index (χ4n) is 3.01. The van der Waals surface area contributed by atoms with E-state index in [0.717, 1.165) is 0 Å². The summed E-state index contributed by atoms with van der Waals surface area (Å²) in [7, 11) is -3.72. The third kappa shape index (κ3) is 2.68. The Labute approximate surface area is 140 Å². The van der Waals surface area contributed by atoms with Crippen LogP contribution in [0.3, 0.4) is 0 Å². The van der Waals surface area contributed by atoms with Gasteiger partial charge in [-0.1, -0.05) is 0 Å². The Kier molecular flexibility index (Phi) is 4.09. The maximum Gasteiger partial charge on any atom is 0.419 e. The summed E-state index contributed by atoms with van der Waals surface area (Å²) in [5.74, 6) is -0.484. The maximum absolute atomic E-state index is 13.1. The van der Waals surface area contributed by atoms with Crippen LogP contribution in [0.25, 0.3) is 11.1 Å². The Balaban J connectivity index is 2.09. The van der Waals surface area contributed by atoms with E-state index in [9.17, 15) is 13.2 Å². The molecule has 1 aromatic carbocycles. The number of hydrogen-bond donors (Lipinski definition) is 0. The highest BCUT2D eigenvalue weighted by atomic mass is 32.2. The molecular formula is C16H22N2O5S. The van der Waals surface area contributed by atoms with Gasteiger partial charge in [0.15, 0.2) is 5.58 Å². The number of ether oxygens (including phenoxy) is 1. The molecule has 1 aliphatic rings. The molecule has 1 atom stereocenters. The summed E-state index contributed by atoms with van der Waals surface area (Å²) >= 11 is 0. The summed E-state index contributed by atoms with van der Waals surface area (Å²) in [6, 6.07) is 4.57. The van der Waals surface area contributed by atoms with Crippen molar-refractivity contribution in [2.24, 2.45) is 0 Å². The number of sulfonamides is 1. The molecule has 0 aliphatic carbocycles. The van der Waals surface area contributed by atoms with Crippen molar-refractivity contribution in [1.82, 2.24) is 8.87 Å². The summed E-state index contributed by atoms with van der Waals surface area (Å²) in [5.41, 5.74) is 0.231. The third-order valence-electron chi connectivity index (χ3n) is 4.36. The van der Waals surface area contributed by atoms with Gasteiger partial charge in [0.1, 0.15) is 0 Å². The molecule has 2 heterocycles. The van der Waals surface area contributed by atoms with Crippen LogP contribution >= 0.6 is 0 Å². The van der Waals surface area contributed by atoms with Crippen molar-refractivity contribution in [3.05, 3.63) is 28.7 Å². The van der Waals surface area contributed by atoms with Gasteiger partial charge in [-0.25, -0.2) is 13.2 Å². The van der Waals surface area contributed by atoms with Crippen molar-refractivity contribution in [1.29, 1.82) is 0 Å². The number of aromatic nitrogens is 1.